The molecule has 2 atom stereocenters. The first-order valence-electron chi connectivity index (χ1n) is 6.33. The van der Waals surface area contributed by atoms with Crippen molar-refractivity contribution in [1.82, 2.24) is 4.90 Å². The molecule has 0 saturated carbocycles. The van der Waals surface area contributed by atoms with Crippen LogP contribution >= 0.6 is 0 Å². The average molecular weight is 267 g/mol. The maximum absolute atomic E-state index is 13.6. The first-order valence-corrected chi connectivity index (χ1v) is 6.33. The number of nitrogens with zero attached hydrogens (tertiary/aromatic N) is 1. The van der Waals surface area contributed by atoms with Gasteiger partial charge >= 0.3 is 0 Å². The van der Waals surface area contributed by atoms with Crippen LogP contribution in [0.1, 0.15) is 23.7 Å². The summed E-state index contributed by atoms with van der Waals surface area (Å²) in [5, 5.41) is 9.65. The largest absolute Gasteiger partial charge is 0.494 e. The Labute approximate surface area is 111 Å². The summed E-state index contributed by atoms with van der Waals surface area (Å²) in [5.41, 5.74) is 0.307. The number of carbonyl (C=O) groups excluding carboxylic acids is 1. The highest BCUT2D eigenvalue weighted by Crippen LogP contribution is 2.22. The van der Waals surface area contributed by atoms with Crippen molar-refractivity contribution in [3.63, 3.8) is 0 Å². The van der Waals surface area contributed by atoms with Gasteiger partial charge in [-0.3, -0.25) is 4.79 Å². The van der Waals surface area contributed by atoms with Crippen LogP contribution < -0.4 is 4.74 Å². The minimum Gasteiger partial charge on any atom is -0.494 e. The van der Waals surface area contributed by atoms with E-state index >= 15 is 0 Å². The summed E-state index contributed by atoms with van der Waals surface area (Å²) < 4.78 is 18.4. The Hall–Kier alpha value is -1.62. The first kappa shape index (κ1) is 13.8. The SMILES string of the molecule is COc1ccc(C(=O)N2CCC(O)C(C)C2)cc1F. The van der Waals surface area contributed by atoms with E-state index in [9.17, 15) is 14.3 Å². The van der Waals surface area contributed by atoms with Crippen molar-refractivity contribution < 1.29 is 19.0 Å². The molecule has 1 aromatic carbocycles. The Morgan fingerprint density at radius 1 is 1.53 bits per heavy atom. The number of ether oxygens (including phenoxy) is 1. The average Bonchev–Trinajstić information content (AvgIpc) is 2.41. The number of amides is 1. The molecule has 0 aromatic heterocycles. The number of methoxy groups -OCH3 is 1. The van der Waals surface area contributed by atoms with Gasteiger partial charge in [-0.1, -0.05) is 6.92 Å². The van der Waals surface area contributed by atoms with Gasteiger partial charge in [-0.05, 0) is 30.5 Å². The van der Waals surface area contributed by atoms with E-state index in [1.807, 2.05) is 6.92 Å². The van der Waals surface area contributed by atoms with E-state index in [4.69, 9.17) is 4.74 Å². The molecule has 1 N–H and O–H groups in total. The van der Waals surface area contributed by atoms with Crippen molar-refractivity contribution in [1.29, 1.82) is 0 Å². The van der Waals surface area contributed by atoms with Crippen LogP contribution in [0.15, 0.2) is 18.2 Å². The van der Waals surface area contributed by atoms with Crippen molar-refractivity contribution in [2.75, 3.05) is 20.2 Å². The van der Waals surface area contributed by atoms with Gasteiger partial charge in [0.2, 0.25) is 0 Å². The lowest BCUT2D eigenvalue weighted by Gasteiger charge is -2.34. The van der Waals surface area contributed by atoms with Gasteiger partial charge in [-0.15, -0.1) is 0 Å². The molecule has 1 saturated heterocycles. The van der Waals surface area contributed by atoms with E-state index in [-0.39, 0.29) is 23.7 Å². The molecule has 1 aliphatic heterocycles. The third kappa shape index (κ3) is 2.87. The van der Waals surface area contributed by atoms with E-state index in [0.29, 0.717) is 25.1 Å². The number of hydrogen-bond acceptors (Lipinski definition) is 3. The van der Waals surface area contributed by atoms with Crippen LogP contribution in [-0.4, -0.2) is 42.2 Å². The monoisotopic (exact) mass is 267 g/mol. The summed E-state index contributed by atoms with van der Waals surface area (Å²) in [7, 11) is 1.38. The van der Waals surface area contributed by atoms with Crippen LogP contribution in [0, 0.1) is 11.7 Å². The van der Waals surface area contributed by atoms with Crippen LogP contribution in [0.2, 0.25) is 0 Å². The summed E-state index contributed by atoms with van der Waals surface area (Å²) in [6, 6.07) is 4.20. The Kier molecular flexibility index (Phi) is 4.04. The van der Waals surface area contributed by atoms with E-state index in [2.05, 4.69) is 0 Å². The van der Waals surface area contributed by atoms with E-state index in [0.717, 1.165) is 0 Å². The van der Waals surface area contributed by atoms with Crippen LogP contribution in [0.25, 0.3) is 0 Å². The molecule has 2 unspecified atom stereocenters. The van der Waals surface area contributed by atoms with Gasteiger partial charge < -0.3 is 14.7 Å². The van der Waals surface area contributed by atoms with E-state index in [1.165, 1.54) is 19.2 Å². The van der Waals surface area contributed by atoms with Gasteiger partial charge in [0.25, 0.3) is 5.91 Å². The topological polar surface area (TPSA) is 49.8 Å². The summed E-state index contributed by atoms with van der Waals surface area (Å²) in [6.07, 6.45) is 0.197. The molecule has 1 fully saturated rings. The fourth-order valence-electron chi connectivity index (χ4n) is 2.30. The van der Waals surface area contributed by atoms with E-state index < -0.39 is 5.82 Å². The second-order valence-corrected chi connectivity index (χ2v) is 4.93. The fraction of sp³-hybridized carbons (Fsp3) is 0.500. The van der Waals surface area contributed by atoms with E-state index in [1.54, 1.807) is 11.0 Å². The zero-order valence-electron chi connectivity index (χ0n) is 11.1. The Morgan fingerprint density at radius 3 is 2.84 bits per heavy atom. The predicted molar refractivity (Wildman–Crippen MR) is 68.6 cm³/mol. The quantitative estimate of drug-likeness (QED) is 0.887. The molecule has 1 aliphatic rings. The minimum absolute atomic E-state index is 0.0424. The number of aliphatic hydroxyl groups excluding tert-OH is 1. The lowest BCUT2D eigenvalue weighted by Crippen LogP contribution is -2.44. The Morgan fingerprint density at radius 2 is 2.26 bits per heavy atom. The summed E-state index contributed by atoms with van der Waals surface area (Å²) in [4.78, 5) is 13.9. The molecule has 1 amide bonds. The molecular formula is C14H18FNO3. The van der Waals surface area contributed by atoms with Gasteiger partial charge in [0.15, 0.2) is 11.6 Å². The Balaban J connectivity index is 2.13. The number of rotatable bonds is 2. The highest BCUT2D eigenvalue weighted by atomic mass is 19.1. The number of hydrogen-bond donors (Lipinski definition) is 1. The van der Waals surface area contributed by atoms with Crippen molar-refractivity contribution >= 4 is 5.91 Å². The molecule has 0 aliphatic carbocycles. The smallest absolute Gasteiger partial charge is 0.253 e. The molecule has 0 bridgehead atoms. The first-order chi connectivity index (χ1) is 9.02. The van der Waals surface area contributed by atoms with Crippen LogP contribution in [0.3, 0.4) is 0 Å². The zero-order valence-corrected chi connectivity index (χ0v) is 11.1. The molecule has 1 aromatic rings. The second-order valence-electron chi connectivity index (χ2n) is 4.93. The Bertz CT molecular complexity index is 478. The van der Waals surface area contributed by atoms with Crippen LogP contribution in [0.4, 0.5) is 4.39 Å². The number of halogens is 1. The summed E-state index contributed by atoms with van der Waals surface area (Å²) in [5.74, 6) is -0.585. The molecule has 5 heteroatoms. The minimum atomic E-state index is -0.543. The van der Waals surface area contributed by atoms with Crippen LogP contribution in [0.5, 0.6) is 5.75 Å². The second kappa shape index (κ2) is 5.57. The summed E-state index contributed by atoms with van der Waals surface area (Å²) in [6.45, 7) is 2.89. The molecule has 19 heavy (non-hydrogen) atoms. The molecule has 0 spiro atoms. The fourth-order valence-corrected chi connectivity index (χ4v) is 2.30. The lowest BCUT2D eigenvalue weighted by atomic mass is 9.96. The number of likely N-dealkylation sites (tertiary alicyclic amines) is 1. The highest BCUT2D eigenvalue weighted by Gasteiger charge is 2.28. The highest BCUT2D eigenvalue weighted by molar-refractivity contribution is 5.94. The van der Waals surface area contributed by atoms with Gasteiger partial charge in [0.05, 0.1) is 13.2 Å². The molecule has 104 valence electrons. The van der Waals surface area contributed by atoms with Gasteiger partial charge in [-0.25, -0.2) is 4.39 Å². The van der Waals surface area contributed by atoms with Crippen molar-refractivity contribution in [3.05, 3.63) is 29.6 Å². The van der Waals surface area contributed by atoms with Crippen molar-refractivity contribution in [2.45, 2.75) is 19.4 Å². The van der Waals surface area contributed by atoms with Gasteiger partial charge in [0, 0.05) is 18.7 Å². The zero-order chi connectivity index (χ0) is 14.0. The number of piperidine rings is 1. The van der Waals surface area contributed by atoms with Crippen LogP contribution in [-0.2, 0) is 0 Å². The maximum atomic E-state index is 13.6. The lowest BCUT2D eigenvalue weighted by molar-refractivity contribution is 0.0297. The maximum Gasteiger partial charge on any atom is 0.253 e. The number of carbonyl (C=O) groups is 1. The number of benzene rings is 1. The van der Waals surface area contributed by atoms with Crippen molar-refractivity contribution in [3.8, 4) is 5.75 Å². The molecular weight excluding hydrogens is 249 g/mol. The molecule has 0 radical (unpaired) electrons. The molecule has 1 heterocycles. The predicted octanol–water partition coefficient (Wildman–Crippen LogP) is 1.68. The van der Waals surface area contributed by atoms with Gasteiger partial charge in [-0.2, -0.15) is 0 Å². The third-order valence-electron chi connectivity index (χ3n) is 3.55. The number of aliphatic hydroxyl groups is 1. The third-order valence-corrected chi connectivity index (χ3v) is 3.55. The standard InChI is InChI=1S/C14H18FNO3/c1-9-8-16(6-5-12(9)17)14(18)10-3-4-13(19-2)11(15)7-10/h3-4,7,9,12,17H,5-6,8H2,1-2H3. The van der Waals surface area contributed by atoms with Gasteiger partial charge in [0.1, 0.15) is 0 Å². The normalized spacial score (nSPS) is 23.3. The van der Waals surface area contributed by atoms with Crippen molar-refractivity contribution in [2.24, 2.45) is 5.92 Å². The summed E-state index contributed by atoms with van der Waals surface area (Å²) >= 11 is 0. The molecule has 2 rings (SSSR count). The molecule has 4 nitrogen and oxygen atoms in total.